The maximum atomic E-state index is 12.0. The van der Waals surface area contributed by atoms with Gasteiger partial charge < -0.3 is 5.11 Å². The third-order valence-electron chi connectivity index (χ3n) is 5.58. The van der Waals surface area contributed by atoms with Gasteiger partial charge in [0.05, 0.1) is 0 Å². The number of hydrogen-bond acceptors (Lipinski definition) is 2. The second-order valence-corrected chi connectivity index (χ2v) is 6.95. The molecule has 0 aromatic heterocycles. The molecule has 0 saturated heterocycles. The van der Waals surface area contributed by atoms with Crippen LogP contribution < -0.4 is 0 Å². The first-order valence-electron chi connectivity index (χ1n) is 8.86. The lowest BCUT2D eigenvalue weighted by Crippen LogP contribution is -2.59. The van der Waals surface area contributed by atoms with Crippen molar-refractivity contribution in [3.05, 3.63) is 0 Å². The highest BCUT2D eigenvalue weighted by atomic mass is 16.4. The Morgan fingerprint density at radius 1 is 1.00 bits per heavy atom. The Morgan fingerprint density at radius 2 is 1.62 bits per heavy atom. The van der Waals surface area contributed by atoms with Gasteiger partial charge in [0, 0.05) is 31.8 Å². The number of carboxylic acids is 1. The maximum Gasteiger partial charge on any atom is 0.390 e. The zero-order valence-corrected chi connectivity index (χ0v) is 13.0. The van der Waals surface area contributed by atoms with Gasteiger partial charge in [-0.1, -0.05) is 25.7 Å². The van der Waals surface area contributed by atoms with E-state index in [9.17, 15) is 9.90 Å². The molecule has 0 spiro atoms. The third kappa shape index (κ3) is 3.31. The van der Waals surface area contributed by atoms with Gasteiger partial charge in [0.25, 0.3) is 0 Å². The minimum Gasteiger partial charge on any atom is -0.475 e. The average Bonchev–Trinajstić information content (AvgIpc) is 2.55. The summed E-state index contributed by atoms with van der Waals surface area (Å²) in [4.78, 5) is 14.3. The molecule has 1 N–H and O–H groups in total. The van der Waals surface area contributed by atoms with E-state index in [-0.39, 0.29) is 0 Å². The lowest BCUT2D eigenvalue weighted by atomic mass is 9.91. The predicted molar refractivity (Wildman–Crippen MR) is 82.8 cm³/mol. The molecule has 3 aliphatic rings. The second-order valence-electron chi connectivity index (χ2n) is 6.95. The van der Waals surface area contributed by atoms with Gasteiger partial charge in [-0.05, 0) is 25.7 Å². The van der Waals surface area contributed by atoms with E-state index in [4.69, 9.17) is 0 Å². The maximum absolute atomic E-state index is 12.0. The van der Waals surface area contributed by atoms with Crippen molar-refractivity contribution in [3.8, 4) is 0 Å². The highest BCUT2D eigenvalue weighted by Crippen LogP contribution is 2.29. The number of rotatable bonds is 3. The normalized spacial score (nSPS) is 30.1. The molecule has 118 valence electrons. The summed E-state index contributed by atoms with van der Waals surface area (Å²) in [6, 6.07) is 0.936. The second kappa shape index (κ2) is 6.91. The topological polar surface area (TPSA) is 43.5 Å². The molecular formula is C17H29N2O2+. The van der Waals surface area contributed by atoms with Crippen LogP contribution in [0, 0.1) is 0 Å². The molecule has 3 rings (SSSR count). The zero-order valence-electron chi connectivity index (χ0n) is 13.0. The predicted octanol–water partition coefficient (Wildman–Crippen LogP) is 2.85. The quantitative estimate of drug-likeness (QED) is 0.814. The molecule has 0 aromatic rings. The summed E-state index contributed by atoms with van der Waals surface area (Å²) in [5.41, 5.74) is 0. The van der Waals surface area contributed by atoms with Crippen LogP contribution in [0.5, 0.6) is 0 Å². The molecule has 4 nitrogen and oxygen atoms in total. The summed E-state index contributed by atoms with van der Waals surface area (Å²) in [5, 5.41) is 9.84. The van der Waals surface area contributed by atoms with Crippen LogP contribution in [-0.4, -0.2) is 51.6 Å². The van der Waals surface area contributed by atoms with Crippen molar-refractivity contribution in [3.63, 3.8) is 0 Å². The SMILES string of the molecule is O=C(O)C1N(C2CCCCC2)CCC=[N+]1C1CCCCC1. The molecule has 2 fully saturated rings. The fourth-order valence-electron chi connectivity index (χ4n) is 4.54. The van der Waals surface area contributed by atoms with Crippen molar-refractivity contribution in [1.82, 2.24) is 4.90 Å². The molecule has 0 bridgehead atoms. The number of carbonyl (C=O) groups is 1. The van der Waals surface area contributed by atoms with Gasteiger partial charge >= 0.3 is 12.1 Å². The first-order chi connectivity index (χ1) is 10.3. The highest BCUT2D eigenvalue weighted by molar-refractivity contribution is 5.73. The van der Waals surface area contributed by atoms with Crippen LogP contribution in [0.1, 0.15) is 70.6 Å². The van der Waals surface area contributed by atoms with E-state index in [2.05, 4.69) is 15.7 Å². The van der Waals surface area contributed by atoms with Crippen molar-refractivity contribution in [2.75, 3.05) is 6.54 Å². The summed E-state index contributed by atoms with van der Waals surface area (Å²) in [6.45, 7) is 0.921. The van der Waals surface area contributed by atoms with Crippen molar-refractivity contribution < 1.29 is 14.5 Å². The minimum absolute atomic E-state index is 0.412. The van der Waals surface area contributed by atoms with Crippen molar-refractivity contribution in [2.45, 2.75) is 88.9 Å². The van der Waals surface area contributed by atoms with Crippen LogP contribution in [0.15, 0.2) is 0 Å². The van der Waals surface area contributed by atoms with Gasteiger partial charge in [-0.2, -0.15) is 0 Å². The average molecular weight is 293 g/mol. The van der Waals surface area contributed by atoms with Crippen molar-refractivity contribution >= 4 is 12.2 Å². The Bertz CT molecular complexity index is 396. The van der Waals surface area contributed by atoms with Crippen LogP contribution in [0.2, 0.25) is 0 Å². The molecule has 2 aliphatic carbocycles. The minimum atomic E-state index is -0.651. The first-order valence-corrected chi connectivity index (χ1v) is 8.86. The Balaban J connectivity index is 1.78. The van der Waals surface area contributed by atoms with E-state index in [1.807, 2.05) is 0 Å². The summed E-state index contributed by atoms with van der Waals surface area (Å²) < 4.78 is 2.21. The number of aliphatic carboxylic acids is 1. The monoisotopic (exact) mass is 293 g/mol. The summed E-state index contributed by atoms with van der Waals surface area (Å²) >= 11 is 0. The van der Waals surface area contributed by atoms with Gasteiger partial charge in [-0.15, -0.1) is 0 Å². The highest BCUT2D eigenvalue weighted by Gasteiger charge is 2.44. The van der Waals surface area contributed by atoms with E-state index in [0.717, 1.165) is 13.0 Å². The molecule has 4 heteroatoms. The smallest absolute Gasteiger partial charge is 0.390 e. The molecule has 21 heavy (non-hydrogen) atoms. The van der Waals surface area contributed by atoms with Crippen molar-refractivity contribution in [1.29, 1.82) is 0 Å². The zero-order chi connectivity index (χ0) is 14.7. The molecule has 0 aromatic carbocycles. The largest absolute Gasteiger partial charge is 0.475 e. The van der Waals surface area contributed by atoms with Crippen LogP contribution >= 0.6 is 0 Å². The molecule has 0 radical (unpaired) electrons. The van der Waals surface area contributed by atoms with Gasteiger partial charge in [0.2, 0.25) is 0 Å². The molecule has 1 unspecified atom stereocenters. The number of nitrogens with zero attached hydrogens (tertiary/aromatic N) is 2. The summed E-state index contributed by atoms with van der Waals surface area (Å²) in [5.74, 6) is -0.651. The molecule has 1 atom stereocenters. The van der Waals surface area contributed by atoms with E-state index in [0.29, 0.717) is 12.1 Å². The van der Waals surface area contributed by atoms with Crippen LogP contribution in [-0.2, 0) is 4.79 Å². The van der Waals surface area contributed by atoms with Gasteiger partial charge in [0.1, 0.15) is 6.21 Å². The van der Waals surface area contributed by atoms with E-state index < -0.39 is 12.1 Å². The fraction of sp³-hybridized carbons (Fsp3) is 0.882. The standard InChI is InChI=1S/C17H28N2O2/c20-17(21)16-18(14-8-3-1-4-9-14)12-7-13-19(16)15-10-5-2-6-11-15/h12,14-16H,1-11,13H2/p+1. The Hall–Kier alpha value is -0.900. The molecule has 0 amide bonds. The Labute approximate surface area is 127 Å². The first kappa shape index (κ1) is 15.0. The summed E-state index contributed by atoms with van der Waals surface area (Å²) in [7, 11) is 0. The van der Waals surface area contributed by atoms with Crippen molar-refractivity contribution in [2.24, 2.45) is 0 Å². The Morgan fingerprint density at radius 3 is 2.24 bits per heavy atom. The lowest BCUT2D eigenvalue weighted by molar-refractivity contribution is -0.617. The molecule has 1 aliphatic heterocycles. The third-order valence-corrected chi connectivity index (χ3v) is 5.58. The fourth-order valence-corrected chi connectivity index (χ4v) is 4.54. The van der Waals surface area contributed by atoms with Gasteiger partial charge in [-0.3, -0.25) is 0 Å². The Kier molecular flexibility index (Phi) is 4.94. The number of hydrogen-bond donors (Lipinski definition) is 1. The van der Waals surface area contributed by atoms with Gasteiger partial charge in [0.15, 0.2) is 6.04 Å². The van der Waals surface area contributed by atoms with Crippen LogP contribution in [0.4, 0.5) is 0 Å². The molecule has 1 heterocycles. The van der Waals surface area contributed by atoms with Crippen LogP contribution in [0.25, 0.3) is 0 Å². The lowest BCUT2D eigenvalue weighted by Gasteiger charge is -2.39. The number of carboxylic acid groups (broad SMARTS) is 1. The van der Waals surface area contributed by atoms with Crippen LogP contribution in [0.3, 0.4) is 0 Å². The van der Waals surface area contributed by atoms with E-state index >= 15 is 0 Å². The van der Waals surface area contributed by atoms with Gasteiger partial charge in [-0.25, -0.2) is 14.3 Å². The molecular weight excluding hydrogens is 264 g/mol. The molecule has 2 saturated carbocycles. The summed E-state index contributed by atoms with van der Waals surface area (Å²) in [6.07, 6.45) is 15.2. The van der Waals surface area contributed by atoms with E-state index in [1.54, 1.807) is 0 Å². The van der Waals surface area contributed by atoms with E-state index in [1.165, 1.54) is 64.2 Å².